The van der Waals surface area contributed by atoms with E-state index in [4.69, 9.17) is 0 Å². The number of hydrazone groups is 1. The van der Waals surface area contributed by atoms with E-state index in [0.717, 1.165) is 33.2 Å². The number of aromatic nitrogens is 2. The van der Waals surface area contributed by atoms with Gasteiger partial charge in [0, 0.05) is 40.4 Å². The number of nitro benzene ring substituents is 1. The molecule has 7 nitrogen and oxygen atoms in total. The van der Waals surface area contributed by atoms with Gasteiger partial charge in [0.15, 0.2) is 0 Å². The SMILES string of the molecule is Cc1[nH]c2cc([N+](=O)[O-])ccc2c1C=NNc1cccc2cccnc12. The minimum Gasteiger partial charge on any atom is -0.358 e. The molecular weight excluding hydrogens is 330 g/mol. The maximum atomic E-state index is 10.9. The largest absolute Gasteiger partial charge is 0.358 e. The van der Waals surface area contributed by atoms with E-state index in [1.807, 2.05) is 37.3 Å². The predicted molar refractivity (Wildman–Crippen MR) is 103 cm³/mol. The summed E-state index contributed by atoms with van der Waals surface area (Å²) in [4.78, 5) is 18.1. The fraction of sp³-hybridized carbons (Fsp3) is 0.0526. The summed E-state index contributed by atoms with van der Waals surface area (Å²) >= 11 is 0. The quantitative estimate of drug-likeness (QED) is 0.326. The third-order valence-electron chi connectivity index (χ3n) is 4.24. The fourth-order valence-electron chi connectivity index (χ4n) is 2.98. The summed E-state index contributed by atoms with van der Waals surface area (Å²) in [6.07, 6.45) is 3.45. The molecule has 0 fully saturated rings. The number of para-hydroxylation sites is 1. The molecule has 0 aliphatic rings. The first-order valence-corrected chi connectivity index (χ1v) is 8.03. The summed E-state index contributed by atoms with van der Waals surface area (Å²) in [5, 5.41) is 17.2. The number of non-ortho nitro benzene ring substituents is 1. The summed E-state index contributed by atoms with van der Waals surface area (Å²) in [5.41, 5.74) is 7.24. The highest BCUT2D eigenvalue weighted by molar-refractivity contribution is 6.01. The van der Waals surface area contributed by atoms with E-state index in [-0.39, 0.29) is 5.69 Å². The molecule has 0 saturated heterocycles. The zero-order valence-corrected chi connectivity index (χ0v) is 13.9. The Kier molecular flexibility index (Phi) is 3.81. The molecule has 0 amide bonds. The van der Waals surface area contributed by atoms with Gasteiger partial charge in [-0.05, 0) is 25.1 Å². The zero-order valence-electron chi connectivity index (χ0n) is 13.9. The average molecular weight is 345 g/mol. The van der Waals surface area contributed by atoms with Crippen LogP contribution in [0.3, 0.4) is 0 Å². The zero-order chi connectivity index (χ0) is 18.1. The van der Waals surface area contributed by atoms with Gasteiger partial charge in [0.05, 0.1) is 27.9 Å². The van der Waals surface area contributed by atoms with Crippen molar-refractivity contribution >= 4 is 39.4 Å². The van der Waals surface area contributed by atoms with Crippen LogP contribution in [0.5, 0.6) is 0 Å². The molecule has 4 rings (SSSR count). The number of aryl methyl sites for hydroxylation is 1. The van der Waals surface area contributed by atoms with Gasteiger partial charge in [-0.25, -0.2) is 0 Å². The van der Waals surface area contributed by atoms with Crippen LogP contribution >= 0.6 is 0 Å². The Morgan fingerprint density at radius 2 is 2.08 bits per heavy atom. The lowest BCUT2D eigenvalue weighted by atomic mass is 10.1. The number of benzene rings is 2. The second kappa shape index (κ2) is 6.29. The average Bonchev–Trinajstić information content (AvgIpc) is 2.96. The lowest BCUT2D eigenvalue weighted by molar-refractivity contribution is -0.384. The summed E-state index contributed by atoms with van der Waals surface area (Å²) in [5.74, 6) is 0. The van der Waals surface area contributed by atoms with Crippen molar-refractivity contribution in [1.82, 2.24) is 9.97 Å². The van der Waals surface area contributed by atoms with Crippen LogP contribution in [0.1, 0.15) is 11.3 Å². The summed E-state index contributed by atoms with van der Waals surface area (Å²) < 4.78 is 0. The normalized spacial score (nSPS) is 11.4. The number of H-pyrrole nitrogens is 1. The first kappa shape index (κ1) is 15.8. The molecule has 2 aromatic heterocycles. The highest BCUT2D eigenvalue weighted by atomic mass is 16.6. The number of aromatic amines is 1. The number of pyridine rings is 1. The Balaban J connectivity index is 1.66. The van der Waals surface area contributed by atoms with E-state index < -0.39 is 4.92 Å². The van der Waals surface area contributed by atoms with Crippen molar-refractivity contribution in [3.63, 3.8) is 0 Å². The topological polar surface area (TPSA) is 96.2 Å². The van der Waals surface area contributed by atoms with E-state index in [1.54, 1.807) is 18.5 Å². The fourth-order valence-corrected chi connectivity index (χ4v) is 2.98. The number of hydrogen-bond acceptors (Lipinski definition) is 5. The molecule has 4 aromatic rings. The summed E-state index contributed by atoms with van der Waals surface area (Å²) in [6, 6.07) is 14.5. The number of nitrogens with one attached hydrogen (secondary N) is 2. The first-order valence-electron chi connectivity index (χ1n) is 8.03. The molecule has 0 aliphatic carbocycles. The molecule has 0 spiro atoms. The minimum absolute atomic E-state index is 0.0576. The highest BCUT2D eigenvalue weighted by Gasteiger charge is 2.11. The number of hydrogen-bond donors (Lipinski definition) is 2. The van der Waals surface area contributed by atoms with Gasteiger partial charge in [-0.15, -0.1) is 0 Å². The van der Waals surface area contributed by atoms with Crippen LogP contribution in [0.25, 0.3) is 21.8 Å². The molecule has 0 bridgehead atoms. The van der Waals surface area contributed by atoms with Crippen LogP contribution < -0.4 is 5.43 Å². The number of rotatable bonds is 4. The third kappa shape index (κ3) is 2.75. The second-order valence-electron chi connectivity index (χ2n) is 5.90. The summed E-state index contributed by atoms with van der Waals surface area (Å²) in [6.45, 7) is 1.91. The maximum Gasteiger partial charge on any atom is 0.271 e. The predicted octanol–water partition coefficient (Wildman–Crippen LogP) is 4.38. The van der Waals surface area contributed by atoms with Gasteiger partial charge >= 0.3 is 0 Å². The highest BCUT2D eigenvalue weighted by Crippen LogP contribution is 2.25. The van der Waals surface area contributed by atoms with Crippen LogP contribution in [-0.2, 0) is 0 Å². The van der Waals surface area contributed by atoms with Crippen molar-refractivity contribution < 1.29 is 4.92 Å². The Hall–Kier alpha value is -3.74. The molecule has 2 heterocycles. The van der Waals surface area contributed by atoms with E-state index >= 15 is 0 Å². The summed E-state index contributed by atoms with van der Waals surface area (Å²) in [7, 11) is 0. The van der Waals surface area contributed by atoms with E-state index in [9.17, 15) is 10.1 Å². The van der Waals surface area contributed by atoms with Gasteiger partial charge in [0.25, 0.3) is 5.69 Å². The molecule has 128 valence electrons. The number of anilines is 1. The van der Waals surface area contributed by atoms with Crippen LogP contribution in [0.15, 0.2) is 59.8 Å². The van der Waals surface area contributed by atoms with Gasteiger partial charge in [-0.3, -0.25) is 20.5 Å². The molecule has 0 saturated carbocycles. The van der Waals surface area contributed by atoms with Crippen molar-refractivity contribution in [2.45, 2.75) is 6.92 Å². The van der Waals surface area contributed by atoms with Crippen molar-refractivity contribution in [2.24, 2.45) is 5.10 Å². The van der Waals surface area contributed by atoms with Gasteiger partial charge in [-0.1, -0.05) is 18.2 Å². The van der Waals surface area contributed by atoms with E-state index in [2.05, 4.69) is 20.5 Å². The Morgan fingerprint density at radius 1 is 1.23 bits per heavy atom. The standard InChI is InChI=1S/C19H15N5O2/c1-12-16(15-8-7-14(24(25)26)10-18(15)22-12)11-21-23-17-6-2-4-13-5-3-9-20-19(13)17/h2-11,22-23H,1H3. The Morgan fingerprint density at radius 3 is 2.92 bits per heavy atom. The first-order chi connectivity index (χ1) is 12.6. The molecule has 26 heavy (non-hydrogen) atoms. The van der Waals surface area contributed by atoms with Gasteiger partial charge in [0.2, 0.25) is 0 Å². The van der Waals surface area contributed by atoms with E-state index in [1.165, 1.54) is 12.1 Å². The van der Waals surface area contributed by atoms with Gasteiger partial charge < -0.3 is 4.98 Å². The van der Waals surface area contributed by atoms with Crippen LogP contribution in [0.4, 0.5) is 11.4 Å². The molecule has 2 aromatic carbocycles. The van der Waals surface area contributed by atoms with Crippen molar-refractivity contribution in [1.29, 1.82) is 0 Å². The Bertz CT molecular complexity index is 1160. The molecule has 0 unspecified atom stereocenters. The van der Waals surface area contributed by atoms with Gasteiger partial charge in [-0.2, -0.15) is 5.10 Å². The number of fused-ring (bicyclic) bond motifs is 2. The molecule has 0 radical (unpaired) electrons. The van der Waals surface area contributed by atoms with Crippen molar-refractivity contribution in [2.75, 3.05) is 5.43 Å². The lowest BCUT2D eigenvalue weighted by Crippen LogP contribution is -1.93. The van der Waals surface area contributed by atoms with Crippen LogP contribution in [0, 0.1) is 17.0 Å². The van der Waals surface area contributed by atoms with E-state index in [0.29, 0.717) is 5.52 Å². The molecule has 7 heteroatoms. The van der Waals surface area contributed by atoms with Crippen molar-refractivity contribution in [3.8, 4) is 0 Å². The number of nitrogens with zero attached hydrogens (tertiary/aromatic N) is 3. The van der Waals surface area contributed by atoms with Gasteiger partial charge in [0.1, 0.15) is 0 Å². The maximum absolute atomic E-state index is 10.9. The molecule has 0 atom stereocenters. The lowest BCUT2D eigenvalue weighted by Gasteiger charge is -2.04. The molecule has 0 aliphatic heterocycles. The molecular formula is C19H15N5O2. The Labute approximate surface area is 148 Å². The van der Waals surface area contributed by atoms with Crippen LogP contribution in [0.2, 0.25) is 0 Å². The minimum atomic E-state index is -0.404. The second-order valence-corrected chi connectivity index (χ2v) is 5.90. The monoisotopic (exact) mass is 345 g/mol. The van der Waals surface area contributed by atoms with Crippen LogP contribution in [-0.4, -0.2) is 21.1 Å². The van der Waals surface area contributed by atoms with Crippen molar-refractivity contribution in [3.05, 3.63) is 76.1 Å². The third-order valence-corrected chi connectivity index (χ3v) is 4.24. The smallest absolute Gasteiger partial charge is 0.271 e. The molecule has 2 N–H and O–H groups in total. The number of nitro groups is 1.